The van der Waals surface area contributed by atoms with Gasteiger partial charge in [0.05, 0.1) is 22.6 Å². The van der Waals surface area contributed by atoms with Crippen LogP contribution < -0.4 is 7.58 Å². The van der Waals surface area contributed by atoms with E-state index in [2.05, 4.69) is 79.7 Å². The molecule has 3 rings (SSSR count). The number of aliphatic imine (C=N–C) groups is 2. The molecule has 152 valence electrons. The molecular formula is C24H31AlN2O2. The van der Waals surface area contributed by atoms with Gasteiger partial charge in [0.25, 0.3) is 0 Å². The lowest BCUT2D eigenvalue weighted by molar-refractivity contribution is 0.317. The first kappa shape index (κ1) is 21.6. The third-order valence-corrected chi connectivity index (χ3v) is 6.66. The average Bonchev–Trinajstić information content (AvgIpc) is 2.61. The van der Waals surface area contributed by atoms with Crippen LogP contribution in [0.5, 0.6) is 11.5 Å². The van der Waals surface area contributed by atoms with Gasteiger partial charge in [0.15, 0.2) is 0 Å². The SMILES string of the molecule is Cc1cc(C)c2c(c1)C=NC(C)(C)C(C)(C)N=Cc1cc(C)cc(C)c1[O][AlH][O]2. The van der Waals surface area contributed by atoms with Crippen LogP contribution in [0.1, 0.15) is 61.1 Å². The van der Waals surface area contributed by atoms with E-state index in [0.29, 0.717) is 0 Å². The molecular weight excluding hydrogens is 375 g/mol. The van der Waals surface area contributed by atoms with Crippen LogP contribution in [0.25, 0.3) is 0 Å². The lowest BCUT2D eigenvalue weighted by atomic mass is 9.83. The molecule has 2 aromatic rings. The summed E-state index contributed by atoms with van der Waals surface area (Å²) >= 11 is -1.29. The molecule has 0 aliphatic carbocycles. The number of hydrogen-bond donors (Lipinski definition) is 0. The largest absolute Gasteiger partial charge is 0.832 e. The van der Waals surface area contributed by atoms with Crippen molar-refractivity contribution in [2.24, 2.45) is 9.98 Å². The van der Waals surface area contributed by atoms with Gasteiger partial charge in [-0.2, -0.15) is 0 Å². The number of hydrogen-bond acceptors (Lipinski definition) is 4. The molecule has 0 aromatic heterocycles. The van der Waals surface area contributed by atoms with Crippen LogP contribution in [0.3, 0.4) is 0 Å². The topological polar surface area (TPSA) is 43.2 Å². The number of nitrogens with zero attached hydrogens (tertiary/aromatic N) is 2. The van der Waals surface area contributed by atoms with E-state index in [0.717, 1.165) is 33.8 Å². The minimum Gasteiger partial charge on any atom is -0.614 e. The van der Waals surface area contributed by atoms with Gasteiger partial charge in [0.2, 0.25) is 0 Å². The predicted octanol–water partition coefficient (Wildman–Crippen LogP) is 5.05. The molecule has 4 nitrogen and oxygen atoms in total. The zero-order chi connectivity index (χ0) is 21.4. The Bertz CT molecular complexity index is 911. The van der Waals surface area contributed by atoms with Crippen LogP contribution in [-0.2, 0) is 0 Å². The normalized spacial score (nSPS) is 17.4. The van der Waals surface area contributed by atoms with Crippen molar-refractivity contribution in [3.05, 3.63) is 57.6 Å². The summed E-state index contributed by atoms with van der Waals surface area (Å²) in [5.74, 6) is 1.73. The molecule has 1 heterocycles. The third-order valence-electron chi connectivity index (χ3n) is 5.85. The number of aryl methyl sites for hydroxylation is 4. The van der Waals surface area contributed by atoms with Gasteiger partial charge in [-0.15, -0.1) is 0 Å². The first-order valence-corrected chi connectivity index (χ1v) is 11.2. The van der Waals surface area contributed by atoms with Gasteiger partial charge in [-0.1, -0.05) is 12.1 Å². The summed E-state index contributed by atoms with van der Waals surface area (Å²) in [5.41, 5.74) is 5.77. The van der Waals surface area contributed by atoms with Crippen molar-refractivity contribution in [2.75, 3.05) is 0 Å². The number of benzene rings is 2. The summed E-state index contributed by atoms with van der Waals surface area (Å²) in [6, 6.07) is 8.52. The molecule has 0 amide bonds. The Morgan fingerprint density at radius 1 is 0.655 bits per heavy atom. The average molecular weight is 407 g/mol. The minimum absolute atomic E-state index is 0.399. The van der Waals surface area contributed by atoms with Crippen molar-refractivity contribution >= 4 is 28.3 Å². The zero-order valence-corrected chi connectivity index (χ0v) is 20.3. The van der Waals surface area contributed by atoms with Crippen molar-refractivity contribution in [3.8, 4) is 11.5 Å². The Hall–Kier alpha value is -2.09. The number of fused-ring (bicyclic) bond motifs is 2. The highest BCUT2D eigenvalue weighted by molar-refractivity contribution is 6.21. The van der Waals surface area contributed by atoms with Crippen LogP contribution in [0.2, 0.25) is 0 Å². The zero-order valence-electron chi connectivity index (χ0n) is 18.9. The maximum absolute atomic E-state index is 6.23. The third kappa shape index (κ3) is 4.57. The molecule has 0 N–H and O–H groups in total. The van der Waals surface area contributed by atoms with E-state index in [9.17, 15) is 0 Å². The fourth-order valence-electron chi connectivity index (χ4n) is 3.49. The summed E-state index contributed by atoms with van der Waals surface area (Å²) < 4.78 is 12.5. The Kier molecular flexibility index (Phi) is 5.94. The van der Waals surface area contributed by atoms with E-state index in [4.69, 9.17) is 17.6 Å². The van der Waals surface area contributed by atoms with Crippen LogP contribution >= 0.6 is 0 Å². The Balaban J connectivity index is 2.18. The molecule has 0 spiro atoms. The van der Waals surface area contributed by atoms with Gasteiger partial charge in [-0.25, -0.2) is 0 Å². The van der Waals surface area contributed by atoms with Gasteiger partial charge < -0.3 is 7.58 Å². The standard InChI is InChI=1S/C24H32N2O2.Al.H/c1-15-9-17(3)21(27)19(11-15)13-25-23(5,6)24(7,8)26-14-20-12-16(2)10-18(4)22(20)28;;/h9-14,27-28H,1-8H3;;/q;+2;/p-2. The summed E-state index contributed by atoms with van der Waals surface area (Å²) in [6.45, 7) is 16.8. The first-order chi connectivity index (χ1) is 13.5. The van der Waals surface area contributed by atoms with Crippen molar-refractivity contribution in [1.29, 1.82) is 0 Å². The van der Waals surface area contributed by atoms with Crippen molar-refractivity contribution < 1.29 is 7.58 Å². The highest BCUT2D eigenvalue weighted by Gasteiger charge is 2.36. The second-order valence-electron chi connectivity index (χ2n) is 9.04. The second kappa shape index (κ2) is 7.97. The monoisotopic (exact) mass is 406 g/mol. The fourth-order valence-corrected chi connectivity index (χ4v) is 4.57. The van der Waals surface area contributed by atoms with Gasteiger partial charge in [-0.05, 0) is 89.8 Å². The smallest absolute Gasteiger partial charge is 0.614 e. The van der Waals surface area contributed by atoms with Crippen molar-refractivity contribution in [2.45, 2.75) is 66.5 Å². The predicted molar refractivity (Wildman–Crippen MR) is 124 cm³/mol. The molecule has 5 heteroatoms. The molecule has 0 saturated heterocycles. The van der Waals surface area contributed by atoms with E-state index in [-0.39, 0.29) is 0 Å². The van der Waals surface area contributed by atoms with Gasteiger partial charge >= 0.3 is 15.9 Å². The van der Waals surface area contributed by atoms with Crippen molar-refractivity contribution in [1.82, 2.24) is 0 Å². The molecule has 0 unspecified atom stereocenters. The van der Waals surface area contributed by atoms with Crippen LogP contribution in [0.4, 0.5) is 0 Å². The fraction of sp³-hybridized carbons (Fsp3) is 0.417. The van der Waals surface area contributed by atoms with Gasteiger partial charge in [0, 0.05) is 23.6 Å². The summed E-state index contributed by atoms with van der Waals surface area (Å²) in [4.78, 5) is 9.89. The van der Waals surface area contributed by atoms with E-state index in [1.807, 2.05) is 12.4 Å². The van der Waals surface area contributed by atoms with E-state index in [1.54, 1.807) is 0 Å². The molecule has 0 radical (unpaired) electrons. The summed E-state index contributed by atoms with van der Waals surface area (Å²) in [7, 11) is 0. The van der Waals surface area contributed by atoms with E-state index >= 15 is 0 Å². The van der Waals surface area contributed by atoms with E-state index < -0.39 is 27.0 Å². The molecule has 1 aliphatic rings. The van der Waals surface area contributed by atoms with Crippen LogP contribution in [0.15, 0.2) is 34.3 Å². The van der Waals surface area contributed by atoms with Crippen LogP contribution in [-0.4, -0.2) is 39.4 Å². The molecule has 1 aliphatic heterocycles. The molecule has 0 atom stereocenters. The molecule has 0 fully saturated rings. The summed E-state index contributed by atoms with van der Waals surface area (Å²) in [6.07, 6.45) is 3.86. The lowest BCUT2D eigenvalue weighted by Gasteiger charge is -2.35. The maximum atomic E-state index is 6.23. The Morgan fingerprint density at radius 2 is 1.03 bits per heavy atom. The Labute approximate surface area is 181 Å². The lowest BCUT2D eigenvalue weighted by Crippen LogP contribution is -2.42. The molecule has 0 bridgehead atoms. The quantitative estimate of drug-likeness (QED) is 0.575. The van der Waals surface area contributed by atoms with E-state index in [1.165, 1.54) is 11.1 Å². The molecule has 0 saturated carbocycles. The van der Waals surface area contributed by atoms with Crippen molar-refractivity contribution in [3.63, 3.8) is 0 Å². The maximum Gasteiger partial charge on any atom is 0.832 e. The molecule has 29 heavy (non-hydrogen) atoms. The van der Waals surface area contributed by atoms with Gasteiger partial charge in [0.1, 0.15) is 0 Å². The summed E-state index contributed by atoms with van der Waals surface area (Å²) in [5, 5.41) is 0. The minimum atomic E-state index is -1.29. The Morgan fingerprint density at radius 3 is 1.41 bits per heavy atom. The van der Waals surface area contributed by atoms with Crippen LogP contribution in [0, 0.1) is 27.7 Å². The highest BCUT2D eigenvalue weighted by atomic mass is 27.2. The number of rotatable bonds is 0. The highest BCUT2D eigenvalue weighted by Crippen LogP contribution is 2.32. The molecule has 2 aromatic carbocycles. The first-order valence-electron chi connectivity index (χ1n) is 10.1. The second-order valence-corrected chi connectivity index (χ2v) is 9.85. The van der Waals surface area contributed by atoms with Gasteiger partial charge in [-0.3, -0.25) is 9.98 Å².